The molecule has 1 aromatic carbocycles. The number of hydrogen-bond acceptors (Lipinski definition) is 3. The van der Waals surface area contributed by atoms with E-state index in [4.69, 9.17) is 17.4 Å². The van der Waals surface area contributed by atoms with Gasteiger partial charge in [-0.25, -0.2) is 8.78 Å². The third-order valence-electron chi connectivity index (χ3n) is 2.76. The first-order chi connectivity index (χ1) is 9.11. The van der Waals surface area contributed by atoms with Crippen LogP contribution < -0.4 is 11.3 Å². The van der Waals surface area contributed by atoms with Crippen LogP contribution in [0.4, 0.5) is 8.78 Å². The van der Waals surface area contributed by atoms with Gasteiger partial charge in [0, 0.05) is 23.9 Å². The van der Waals surface area contributed by atoms with Crippen molar-refractivity contribution in [2.24, 2.45) is 5.84 Å². The fraction of sp³-hybridized carbons (Fsp3) is 0.154. The van der Waals surface area contributed by atoms with Gasteiger partial charge in [-0.1, -0.05) is 17.7 Å². The van der Waals surface area contributed by atoms with Gasteiger partial charge in [0.1, 0.15) is 11.6 Å². The molecule has 1 atom stereocenters. The Bertz CT molecular complexity index is 563. The summed E-state index contributed by atoms with van der Waals surface area (Å²) in [5, 5.41) is -0.255. The summed E-state index contributed by atoms with van der Waals surface area (Å²) in [5.74, 6) is 4.12. The minimum atomic E-state index is -0.681. The maximum Gasteiger partial charge on any atom is 0.142 e. The molecule has 19 heavy (non-hydrogen) atoms. The van der Waals surface area contributed by atoms with Gasteiger partial charge in [-0.05, 0) is 24.3 Å². The van der Waals surface area contributed by atoms with E-state index in [0.717, 1.165) is 17.8 Å². The van der Waals surface area contributed by atoms with Gasteiger partial charge in [0.05, 0.1) is 11.1 Å². The van der Waals surface area contributed by atoms with Crippen molar-refractivity contribution in [3.63, 3.8) is 0 Å². The molecule has 6 heteroatoms. The van der Waals surface area contributed by atoms with Crippen molar-refractivity contribution < 1.29 is 8.78 Å². The van der Waals surface area contributed by atoms with E-state index in [1.807, 2.05) is 6.07 Å². The number of nitrogens with one attached hydrogen (secondary N) is 1. The maximum atomic E-state index is 13.8. The third kappa shape index (κ3) is 3.26. The number of aromatic nitrogens is 1. The second-order valence-electron chi connectivity index (χ2n) is 4.03. The van der Waals surface area contributed by atoms with E-state index in [-0.39, 0.29) is 10.6 Å². The van der Waals surface area contributed by atoms with Crippen LogP contribution in [0, 0.1) is 11.6 Å². The van der Waals surface area contributed by atoms with Gasteiger partial charge in [-0.15, -0.1) is 0 Å². The molecule has 0 spiro atoms. The average molecular weight is 284 g/mol. The number of pyridine rings is 1. The van der Waals surface area contributed by atoms with Crippen LogP contribution in [-0.4, -0.2) is 4.98 Å². The lowest BCUT2D eigenvalue weighted by Crippen LogP contribution is -2.30. The van der Waals surface area contributed by atoms with Gasteiger partial charge in [0.25, 0.3) is 0 Å². The Hall–Kier alpha value is -1.56. The highest BCUT2D eigenvalue weighted by atomic mass is 35.5. The zero-order chi connectivity index (χ0) is 13.8. The van der Waals surface area contributed by atoms with Crippen molar-refractivity contribution in [2.75, 3.05) is 0 Å². The summed E-state index contributed by atoms with van der Waals surface area (Å²) in [6.45, 7) is 0. The number of rotatable bonds is 4. The summed E-state index contributed by atoms with van der Waals surface area (Å²) in [5.41, 5.74) is 3.31. The van der Waals surface area contributed by atoms with Crippen molar-refractivity contribution in [3.8, 4) is 0 Å². The third-order valence-corrected chi connectivity index (χ3v) is 3.05. The van der Waals surface area contributed by atoms with Gasteiger partial charge in [-0.2, -0.15) is 0 Å². The topological polar surface area (TPSA) is 50.9 Å². The van der Waals surface area contributed by atoms with E-state index in [0.29, 0.717) is 6.42 Å². The van der Waals surface area contributed by atoms with E-state index in [1.54, 1.807) is 18.3 Å². The van der Waals surface area contributed by atoms with Crippen LogP contribution in [0.25, 0.3) is 0 Å². The lowest BCUT2D eigenvalue weighted by molar-refractivity contribution is 0.499. The normalized spacial score (nSPS) is 12.4. The van der Waals surface area contributed by atoms with E-state index in [9.17, 15) is 8.78 Å². The number of benzene rings is 1. The molecular formula is C13H12ClF2N3. The molecular weight excluding hydrogens is 272 g/mol. The standard InChI is InChI=1S/C13H12ClF2N3/c14-10-7-11(15)9(6-12(10)16)13(19-17)5-8-3-1-2-4-18-8/h1-4,6-7,13,19H,5,17H2. The fourth-order valence-electron chi connectivity index (χ4n) is 1.79. The Morgan fingerprint density at radius 3 is 2.68 bits per heavy atom. The molecule has 3 nitrogen and oxygen atoms in total. The highest BCUT2D eigenvalue weighted by molar-refractivity contribution is 6.30. The molecule has 0 radical (unpaired) electrons. The van der Waals surface area contributed by atoms with E-state index in [1.165, 1.54) is 0 Å². The maximum absolute atomic E-state index is 13.8. The minimum Gasteiger partial charge on any atom is -0.271 e. The molecule has 0 saturated carbocycles. The molecule has 1 heterocycles. The van der Waals surface area contributed by atoms with E-state index < -0.39 is 17.7 Å². The minimum absolute atomic E-state index is 0.120. The van der Waals surface area contributed by atoms with Gasteiger partial charge in [0.2, 0.25) is 0 Å². The quantitative estimate of drug-likeness (QED) is 0.515. The highest BCUT2D eigenvalue weighted by Crippen LogP contribution is 2.25. The van der Waals surface area contributed by atoms with E-state index in [2.05, 4.69) is 10.4 Å². The molecule has 0 bridgehead atoms. The Morgan fingerprint density at radius 1 is 1.26 bits per heavy atom. The molecule has 1 unspecified atom stereocenters. The average Bonchev–Trinajstić information content (AvgIpc) is 2.42. The summed E-state index contributed by atoms with van der Waals surface area (Å²) in [6, 6.07) is 6.78. The lowest BCUT2D eigenvalue weighted by atomic mass is 10.0. The van der Waals surface area contributed by atoms with Gasteiger partial charge in [-0.3, -0.25) is 16.3 Å². The molecule has 0 aliphatic rings. The molecule has 0 fully saturated rings. The van der Waals surface area contributed by atoms with Crippen molar-refractivity contribution in [3.05, 3.63) is 64.4 Å². The van der Waals surface area contributed by atoms with Crippen molar-refractivity contribution in [1.29, 1.82) is 0 Å². The summed E-state index contributed by atoms with van der Waals surface area (Å²) in [7, 11) is 0. The Kier molecular flexibility index (Phi) is 4.42. The number of nitrogens with two attached hydrogens (primary N) is 1. The van der Waals surface area contributed by atoms with Crippen LogP contribution in [0.1, 0.15) is 17.3 Å². The molecule has 100 valence electrons. The number of hydrazine groups is 1. The SMILES string of the molecule is NNC(Cc1ccccn1)c1cc(F)c(Cl)cc1F. The second-order valence-corrected chi connectivity index (χ2v) is 4.44. The van der Waals surface area contributed by atoms with Crippen LogP contribution in [-0.2, 0) is 6.42 Å². The van der Waals surface area contributed by atoms with Gasteiger partial charge >= 0.3 is 0 Å². The molecule has 2 aromatic rings. The zero-order valence-corrected chi connectivity index (χ0v) is 10.7. The monoisotopic (exact) mass is 283 g/mol. The molecule has 0 saturated heterocycles. The number of hydrogen-bond donors (Lipinski definition) is 2. The van der Waals surface area contributed by atoms with Crippen molar-refractivity contribution >= 4 is 11.6 Å². The van der Waals surface area contributed by atoms with Gasteiger partial charge < -0.3 is 0 Å². The molecule has 0 aliphatic heterocycles. The van der Waals surface area contributed by atoms with Crippen LogP contribution in [0.5, 0.6) is 0 Å². The smallest absolute Gasteiger partial charge is 0.142 e. The lowest BCUT2D eigenvalue weighted by Gasteiger charge is -2.17. The summed E-state index contributed by atoms with van der Waals surface area (Å²) in [6.07, 6.45) is 1.97. The van der Waals surface area contributed by atoms with Crippen molar-refractivity contribution in [1.82, 2.24) is 10.4 Å². The molecule has 0 amide bonds. The summed E-state index contributed by atoms with van der Waals surface area (Å²) < 4.78 is 27.2. The predicted octanol–water partition coefficient (Wildman–Crippen LogP) is 2.76. The second kappa shape index (κ2) is 6.06. The van der Waals surface area contributed by atoms with E-state index >= 15 is 0 Å². The first-order valence-electron chi connectivity index (χ1n) is 5.62. The molecule has 1 aromatic heterocycles. The van der Waals surface area contributed by atoms with Crippen LogP contribution in [0.3, 0.4) is 0 Å². The van der Waals surface area contributed by atoms with Crippen LogP contribution in [0.2, 0.25) is 5.02 Å². The summed E-state index contributed by atoms with van der Waals surface area (Å²) in [4.78, 5) is 4.12. The van der Waals surface area contributed by atoms with Crippen molar-refractivity contribution in [2.45, 2.75) is 12.5 Å². The Labute approximate surface area is 114 Å². The summed E-state index contributed by atoms with van der Waals surface area (Å²) >= 11 is 5.51. The Balaban J connectivity index is 2.30. The number of nitrogens with zero attached hydrogens (tertiary/aromatic N) is 1. The largest absolute Gasteiger partial charge is 0.271 e. The Morgan fingerprint density at radius 2 is 2.05 bits per heavy atom. The van der Waals surface area contributed by atoms with Crippen LogP contribution >= 0.6 is 11.6 Å². The molecule has 2 rings (SSSR count). The van der Waals surface area contributed by atoms with Crippen LogP contribution in [0.15, 0.2) is 36.5 Å². The fourth-order valence-corrected chi connectivity index (χ4v) is 1.94. The molecule has 3 N–H and O–H groups in total. The predicted molar refractivity (Wildman–Crippen MR) is 69.4 cm³/mol. The van der Waals surface area contributed by atoms with Gasteiger partial charge in [0.15, 0.2) is 0 Å². The number of halogens is 3. The first-order valence-corrected chi connectivity index (χ1v) is 6.00. The zero-order valence-electron chi connectivity index (χ0n) is 9.91. The molecule has 0 aliphatic carbocycles. The highest BCUT2D eigenvalue weighted by Gasteiger charge is 2.18. The first kappa shape index (κ1) is 13.9.